The molecule has 166 valence electrons. The highest BCUT2D eigenvalue weighted by Crippen LogP contribution is 2.33. The van der Waals surface area contributed by atoms with Gasteiger partial charge in [0.2, 0.25) is 0 Å². The average Bonchev–Trinajstić information content (AvgIpc) is 2.81. The maximum atomic E-state index is 12.5. The molecule has 1 aromatic heterocycles. The molecule has 2 aromatic rings. The van der Waals surface area contributed by atoms with E-state index in [1.165, 1.54) is 11.1 Å². The van der Waals surface area contributed by atoms with Gasteiger partial charge in [0.25, 0.3) is 0 Å². The van der Waals surface area contributed by atoms with Crippen LogP contribution >= 0.6 is 0 Å². The van der Waals surface area contributed by atoms with Gasteiger partial charge in [0.15, 0.2) is 0 Å². The van der Waals surface area contributed by atoms with Crippen LogP contribution in [0.1, 0.15) is 35.4 Å². The number of piperazine rings is 1. The number of carbonyl (C=O) groups is 1. The van der Waals surface area contributed by atoms with Gasteiger partial charge in [0, 0.05) is 56.9 Å². The minimum absolute atomic E-state index is 0.131. The molecule has 0 bridgehead atoms. The molecule has 4 rings (SSSR count). The number of pyridine rings is 1. The third-order valence-electron chi connectivity index (χ3n) is 6.41. The number of ether oxygens (including phenoxy) is 1. The van der Waals surface area contributed by atoms with Gasteiger partial charge in [-0.3, -0.25) is 0 Å². The third-order valence-corrected chi connectivity index (χ3v) is 6.41. The second-order valence-electron chi connectivity index (χ2n) is 8.49. The van der Waals surface area contributed by atoms with E-state index in [1.54, 1.807) is 7.11 Å². The van der Waals surface area contributed by atoms with Crippen LogP contribution in [-0.2, 0) is 13.0 Å². The van der Waals surface area contributed by atoms with Crippen LogP contribution in [0, 0.1) is 0 Å². The summed E-state index contributed by atoms with van der Waals surface area (Å²) in [6.07, 6.45) is 5.13. The second kappa shape index (κ2) is 10.0. The molecular formula is C24H33N5O2. The van der Waals surface area contributed by atoms with E-state index in [1.807, 2.05) is 24.4 Å². The lowest BCUT2D eigenvalue weighted by Crippen LogP contribution is -2.45. The highest BCUT2D eigenvalue weighted by molar-refractivity contribution is 5.74. The maximum Gasteiger partial charge on any atom is 0.315 e. The van der Waals surface area contributed by atoms with Crippen molar-refractivity contribution in [1.82, 2.24) is 20.5 Å². The lowest BCUT2D eigenvalue weighted by Gasteiger charge is -2.34. The average molecular weight is 424 g/mol. The van der Waals surface area contributed by atoms with Gasteiger partial charge in [-0.25, -0.2) is 9.78 Å². The molecule has 1 fully saturated rings. The van der Waals surface area contributed by atoms with Gasteiger partial charge in [0.1, 0.15) is 11.6 Å². The first-order chi connectivity index (χ1) is 15.1. The number of urea groups is 1. The molecule has 0 saturated carbocycles. The van der Waals surface area contributed by atoms with Gasteiger partial charge in [-0.15, -0.1) is 0 Å². The normalized spacial score (nSPS) is 18.9. The lowest BCUT2D eigenvalue weighted by molar-refractivity contribution is 0.239. The predicted molar refractivity (Wildman–Crippen MR) is 123 cm³/mol. The molecule has 1 atom stereocenters. The number of aryl methyl sites for hydroxylation is 1. The van der Waals surface area contributed by atoms with Crippen molar-refractivity contribution in [2.24, 2.45) is 0 Å². The standard InChI is InChI=1S/C24H33N5O2/c1-28-11-13-29(14-12-28)23-20(7-4-10-25-23)17-27-24(30)26-16-19-6-3-5-18-15-21(31-2)8-9-22(18)19/h4,7-10,15,19H,3,5-6,11-14,16-17H2,1-2H3,(H2,26,27,30). The Morgan fingerprint density at radius 2 is 2.03 bits per heavy atom. The van der Waals surface area contributed by atoms with Crippen molar-refractivity contribution in [3.05, 3.63) is 53.2 Å². The Bertz CT molecular complexity index is 895. The molecular weight excluding hydrogens is 390 g/mol. The Balaban J connectivity index is 1.31. The fourth-order valence-electron chi connectivity index (χ4n) is 4.56. The van der Waals surface area contributed by atoms with Crippen LogP contribution in [0.25, 0.3) is 0 Å². The summed E-state index contributed by atoms with van der Waals surface area (Å²) in [5, 5.41) is 6.10. The number of fused-ring (bicyclic) bond motifs is 1. The minimum Gasteiger partial charge on any atom is -0.497 e. The highest BCUT2D eigenvalue weighted by atomic mass is 16.5. The second-order valence-corrected chi connectivity index (χ2v) is 8.49. The zero-order valence-corrected chi connectivity index (χ0v) is 18.6. The smallest absolute Gasteiger partial charge is 0.315 e. The van der Waals surface area contributed by atoms with Crippen LogP contribution in [0.5, 0.6) is 5.75 Å². The van der Waals surface area contributed by atoms with Gasteiger partial charge in [-0.05, 0) is 55.6 Å². The first kappa shape index (κ1) is 21.4. The Morgan fingerprint density at radius 1 is 1.19 bits per heavy atom. The first-order valence-corrected chi connectivity index (χ1v) is 11.2. The molecule has 7 nitrogen and oxygen atoms in total. The van der Waals surface area contributed by atoms with Crippen molar-refractivity contribution in [1.29, 1.82) is 0 Å². The van der Waals surface area contributed by atoms with Gasteiger partial charge < -0.3 is 25.2 Å². The summed E-state index contributed by atoms with van der Waals surface area (Å²) in [6, 6.07) is 10.1. The number of nitrogens with one attached hydrogen (secondary N) is 2. The van der Waals surface area contributed by atoms with Gasteiger partial charge in [-0.2, -0.15) is 0 Å². The summed E-state index contributed by atoms with van der Waals surface area (Å²) >= 11 is 0. The fraction of sp³-hybridized carbons (Fsp3) is 0.500. The van der Waals surface area contributed by atoms with Crippen LogP contribution in [0.2, 0.25) is 0 Å². The summed E-state index contributed by atoms with van der Waals surface area (Å²) < 4.78 is 5.36. The Labute approximate surface area is 184 Å². The number of amides is 2. The molecule has 0 radical (unpaired) electrons. The quantitative estimate of drug-likeness (QED) is 0.748. The Hall–Kier alpha value is -2.80. The third kappa shape index (κ3) is 5.28. The molecule has 2 N–H and O–H groups in total. The van der Waals surface area contributed by atoms with Crippen LogP contribution in [0.3, 0.4) is 0 Å². The van der Waals surface area contributed by atoms with E-state index < -0.39 is 0 Å². The van der Waals surface area contributed by atoms with Crippen LogP contribution in [0.4, 0.5) is 10.6 Å². The van der Waals surface area contributed by atoms with Crippen molar-refractivity contribution in [2.75, 3.05) is 51.8 Å². The number of methoxy groups -OCH3 is 1. The van der Waals surface area contributed by atoms with E-state index in [0.29, 0.717) is 19.0 Å². The monoisotopic (exact) mass is 423 g/mol. The molecule has 1 aromatic carbocycles. The van der Waals surface area contributed by atoms with E-state index in [4.69, 9.17) is 4.74 Å². The summed E-state index contributed by atoms with van der Waals surface area (Å²) in [7, 11) is 3.84. The summed E-state index contributed by atoms with van der Waals surface area (Å²) in [6.45, 7) is 5.08. The zero-order valence-electron chi connectivity index (χ0n) is 18.6. The summed E-state index contributed by atoms with van der Waals surface area (Å²) in [4.78, 5) is 21.7. The molecule has 2 heterocycles. The zero-order chi connectivity index (χ0) is 21.6. The lowest BCUT2D eigenvalue weighted by atomic mass is 9.82. The van der Waals surface area contributed by atoms with Crippen molar-refractivity contribution in [3.63, 3.8) is 0 Å². The molecule has 2 amide bonds. The highest BCUT2D eigenvalue weighted by Gasteiger charge is 2.22. The topological polar surface area (TPSA) is 69.7 Å². The number of hydrogen-bond donors (Lipinski definition) is 2. The van der Waals surface area contributed by atoms with E-state index in [9.17, 15) is 4.79 Å². The van der Waals surface area contributed by atoms with Gasteiger partial charge in [0.05, 0.1) is 7.11 Å². The van der Waals surface area contributed by atoms with E-state index >= 15 is 0 Å². The molecule has 1 aliphatic carbocycles. The number of likely N-dealkylation sites (N-methyl/N-ethyl adjacent to an activating group) is 1. The van der Waals surface area contributed by atoms with Crippen molar-refractivity contribution in [3.8, 4) is 5.75 Å². The molecule has 1 unspecified atom stereocenters. The van der Waals surface area contributed by atoms with E-state index in [2.05, 4.69) is 44.6 Å². The van der Waals surface area contributed by atoms with Crippen LogP contribution < -0.4 is 20.3 Å². The SMILES string of the molecule is COc1ccc2c(c1)CCCC2CNC(=O)NCc1cccnc1N1CCN(C)CC1. The molecule has 0 spiro atoms. The summed E-state index contributed by atoms with van der Waals surface area (Å²) in [5.41, 5.74) is 3.72. The first-order valence-electron chi connectivity index (χ1n) is 11.2. The van der Waals surface area contributed by atoms with Crippen LogP contribution in [-0.4, -0.2) is 62.8 Å². The number of hydrogen-bond acceptors (Lipinski definition) is 5. The number of rotatable bonds is 6. The summed E-state index contributed by atoms with van der Waals surface area (Å²) in [5.74, 6) is 2.23. The van der Waals surface area contributed by atoms with Crippen molar-refractivity contribution < 1.29 is 9.53 Å². The van der Waals surface area contributed by atoms with Gasteiger partial charge in [-0.1, -0.05) is 12.1 Å². The number of aromatic nitrogens is 1. The maximum absolute atomic E-state index is 12.5. The molecule has 1 aliphatic heterocycles. The molecule has 31 heavy (non-hydrogen) atoms. The number of benzene rings is 1. The van der Waals surface area contributed by atoms with Crippen molar-refractivity contribution in [2.45, 2.75) is 31.7 Å². The van der Waals surface area contributed by atoms with E-state index in [-0.39, 0.29) is 6.03 Å². The Morgan fingerprint density at radius 3 is 2.84 bits per heavy atom. The largest absolute Gasteiger partial charge is 0.497 e. The number of nitrogens with zero attached hydrogens (tertiary/aromatic N) is 3. The van der Waals surface area contributed by atoms with Gasteiger partial charge >= 0.3 is 6.03 Å². The fourth-order valence-corrected chi connectivity index (χ4v) is 4.56. The predicted octanol–water partition coefficient (Wildman–Crippen LogP) is 2.76. The molecule has 2 aliphatic rings. The van der Waals surface area contributed by atoms with Crippen molar-refractivity contribution >= 4 is 11.8 Å². The number of carbonyl (C=O) groups excluding carboxylic acids is 1. The van der Waals surface area contributed by atoms with E-state index in [0.717, 1.165) is 62.6 Å². The number of anilines is 1. The minimum atomic E-state index is -0.131. The van der Waals surface area contributed by atoms with Crippen LogP contribution in [0.15, 0.2) is 36.5 Å². The molecule has 1 saturated heterocycles. The Kier molecular flexibility index (Phi) is 6.92. The molecule has 7 heteroatoms.